The molecule has 178 valence electrons. The van der Waals surface area contributed by atoms with Crippen LogP contribution >= 0.6 is 0 Å². The lowest BCUT2D eigenvalue weighted by molar-refractivity contribution is -0.129. The van der Waals surface area contributed by atoms with E-state index >= 15 is 0 Å². The number of nitrogens with two attached hydrogens (primary N) is 1. The Morgan fingerprint density at radius 1 is 0.710 bits per heavy atom. The second-order valence-electron chi connectivity index (χ2n) is 6.97. The molecular formula is C20H38N6O5. The summed E-state index contributed by atoms with van der Waals surface area (Å²) in [6.45, 7) is 6.36. The van der Waals surface area contributed by atoms with Gasteiger partial charge in [0, 0.05) is 32.5 Å². The summed E-state index contributed by atoms with van der Waals surface area (Å²) in [4.78, 5) is 59.2. The highest BCUT2D eigenvalue weighted by molar-refractivity contribution is 5.88. The van der Waals surface area contributed by atoms with E-state index in [4.69, 9.17) is 5.73 Å². The third kappa shape index (κ3) is 13.3. The van der Waals surface area contributed by atoms with Crippen LogP contribution in [0.1, 0.15) is 59.3 Å². The first-order valence-corrected chi connectivity index (χ1v) is 10.9. The van der Waals surface area contributed by atoms with Gasteiger partial charge in [-0.1, -0.05) is 6.92 Å². The van der Waals surface area contributed by atoms with Gasteiger partial charge in [-0.15, -0.1) is 0 Å². The van der Waals surface area contributed by atoms with E-state index in [1.807, 2.05) is 0 Å². The molecule has 31 heavy (non-hydrogen) atoms. The van der Waals surface area contributed by atoms with Gasteiger partial charge in [0.2, 0.25) is 29.5 Å². The molecule has 0 fully saturated rings. The summed E-state index contributed by atoms with van der Waals surface area (Å²) in [7, 11) is 0. The first-order chi connectivity index (χ1) is 14.8. The van der Waals surface area contributed by atoms with Gasteiger partial charge in [0.15, 0.2) is 0 Å². The topological polar surface area (TPSA) is 172 Å². The van der Waals surface area contributed by atoms with Crippen LogP contribution in [0.2, 0.25) is 0 Å². The van der Waals surface area contributed by atoms with Crippen LogP contribution in [0, 0.1) is 0 Å². The molecule has 5 amide bonds. The summed E-state index contributed by atoms with van der Waals surface area (Å²) < 4.78 is 0. The van der Waals surface area contributed by atoms with E-state index in [9.17, 15) is 24.0 Å². The average molecular weight is 443 g/mol. The van der Waals surface area contributed by atoms with Gasteiger partial charge in [0.05, 0.1) is 6.54 Å². The largest absolute Gasteiger partial charge is 0.356 e. The zero-order chi connectivity index (χ0) is 23.6. The van der Waals surface area contributed by atoms with Gasteiger partial charge in [-0.05, 0) is 39.5 Å². The summed E-state index contributed by atoms with van der Waals surface area (Å²) in [5.41, 5.74) is 5.28. The van der Waals surface area contributed by atoms with E-state index < -0.39 is 18.0 Å². The molecule has 0 saturated carbocycles. The lowest BCUT2D eigenvalue weighted by Gasteiger charge is -2.18. The molecule has 2 atom stereocenters. The van der Waals surface area contributed by atoms with Crippen molar-refractivity contribution in [2.75, 3.05) is 26.2 Å². The maximum atomic E-state index is 12.1. The minimum Gasteiger partial charge on any atom is -0.356 e. The number of hydrogen-bond acceptors (Lipinski definition) is 6. The Bertz CT molecular complexity index is 599. The van der Waals surface area contributed by atoms with Crippen LogP contribution in [0.3, 0.4) is 0 Å². The Balaban J connectivity index is 4.34. The van der Waals surface area contributed by atoms with Gasteiger partial charge >= 0.3 is 0 Å². The summed E-state index contributed by atoms with van der Waals surface area (Å²) in [5, 5.41) is 13.3. The quantitative estimate of drug-likeness (QED) is 0.162. The molecule has 11 nitrogen and oxygen atoms in total. The van der Waals surface area contributed by atoms with Crippen LogP contribution in [0.25, 0.3) is 0 Å². The van der Waals surface area contributed by atoms with Gasteiger partial charge in [0.25, 0.3) is 0 Å². The van der Waals surface area contributed by atoms with Crippen LogP contribution in [0.15, 0.2) is 0 Å². The normalized spacial score (nSPS) is 12.3. The van der Waals surface area contributed by atoms with Crippen molar-refractivity contribution in [3.8, 4) is 0 Å². The van der Waals surface area contributed by atoms with Gasteiger partial charge in [-0.3, -0.25) is 24.0 Å². The molecule has 0 spiro atoms. The van der Waals surface area contributed by atoms with Crippen LogP contribution in [0.5, 0.6) is 0 Å². The molecule has 0 rings (SSSR count). The van der Waals surface area contributed by atoms with Crippen LogP contribution < -0.4 is 32.3 Å². The van der Waals surface area contributed by atoms with Crippen molar-refractivity contribution < 1.29 is 24.0 Å². The molecule has 0 aromatic carbocycles. The number of unbranched alkanes of at least 4 members (excludes halogenated alkanes) is 1. The molecule has 0 aromatic rings. The predicted molar refractivity (Wildman–Crippen MR) is 117 cm³/mol. The maximum absolute atomic E-state index is 12.1. The number of amides is 5. The second kappa shape index (κ2) is 17.0. The summed E-state index contributed by atoms with van der Waals surface area (Å²) in [6.07, 6.45) is 2.21. The number of nitrogens with one attached hydrogen (secondary N) is 5. The number of rotatable bonds is 16. The molecule has 0 saturated heterocycles. The van der Waals surface area contributed by atoms with E-state index in [0.29, 0.717) is 38.9 Å². The highest BCUT2D eigenvalue weighted by Gasteiger charge is 2.21. The number of hydrogen-bond donors (Lipinski definition) is 6. The van der Waals surface area contributed by atoms with Crippen molar-refractivity contribution in [3.63, 3.8) is 0 Å². The zero-order valence-corrected chi connectivity index (χ0v) is 18.8. The standard InChI is InChI=1S/C20H38N6O5/c1-4-16(27)25-15(20(31)23-6-3)10-11-17(28)24-12-8-7-9-14(19(30)22-5-2)26-18(29)13-21/h14-15H,4-13,21H2,1-3H3,(H,22,30)(H,23,31)(H,24,28)(H,25,27)(H,26,29). The van der Waals surface area contributed by atoms with Crippen molar-refractivity contribution in [3.05, 3.63) is 0 Å². The smallest absolute Gasteiger partial charge is 0.242 e. The van der Waals surface area contributed by atoms with Crippen molar-refractivity contribution >= 4 is 29.5 Å². The summed E-state index contributed by atoms with van der Waals surface area (Å²) >= 11 is 0. The van der Waals surface area contributed by atoms with Crippen LogP contribution in [-0.4, -0.2) is 67.8 Å². The summed E-state index contributed by atoms with van der Waals surface area (Å²) in [5.74, 6) is -1.45. The molecule has 0 aliphatic carbocycles. The molecule has 2 unspecified atom stereocenters. The molecule has 0 aliphatic heterocycles. The predicted octanol–water partition coefficient (Wildman–Crippen LogP) is -1.34. The Kier molecular flexibility index (Phi) is 15.6. The van der Waals surface area contributed by atoms with Crippen molar-refractivity contribution in [1.82, 2.24) is 26.6 Å². The maximum Gasteiger partial charge on any atom is 0.242 e. The molecule has 7 N–H and O–H groups in total. The first kappa shape index (κ1) is 28.3. The Morgan fingerprint density at radius 3 is 1.77 bits per heavy atom. The highest BCUT2D eigenvalue weighted by Crippen LogP contribution is 2.03. The molecule has 11 heteroatoms. The monoisotopic (exact) mass is 442 g/mol. The van der Waals surface area contributed by atoms with Gasteiger partial charge in [-0.25, -0.2) is 0 Å². The fraction of sp³-hybridized carbons (Fsp3) is 0.750. The zero-order valence-electron chi connectivity index (χ0n) is 18.8. The fourth-order valence-electron chi connectivity index (χ4n) is 2.75. The van der Waals surface area contributed by atoms with Gasteiger partial charge < -0.3 is 32.3 Å². The number of carbonyl (C=O) groups excluding carboxylic acids is 5. The van der Waals surface area contributed by atoms with Gasteiger partial charge in [-0.2, -0.15) is 0 Å². The Labute approximate surface area is 184 Å². The minimum absolute atomic E-state index is 0.0971. The van der Waals surface area contributed by atoms with Crippen molar-refractivity contribution in [1.29, 1.82) is 0 Å². The molecule has 0 aromatic heterocycles. The van der Waals surface area contributed by atoms with Crippen molar-refractivity contribution in [2.45, 2.75) is 71.4 Å². The fourth-order valence-corrected chi connectivity index (χ4v) is 2.75. The SMILES string of the molecule is CCNC(=O)C(CCC(=O)NCCCCC(NC(=O)CN)C(=O)NCC)NC(=O)CC. The molecular weight excluding hydrogens is 404 g/mol. The lowest BCUT2D eigenvalue weighted by Crippen LogP contribution is -2.48. The van der Waals surface area contributed by atoms with Gasteiger partial charge in [0.1, 0.15) is 12.1 Å². The number of carbonyl (C=O) groups is 5. The second-order valence-corrected chi connectivity index (χ2v) is 6.97. The van der Waals surface area contributed by atoms with E-state index in [2.05, 4.69) is 26.6 Å². The molecule has 0 aliphatic rings. The Morgan fingerprint density at radius 2 is 1.26 bits per heavy atom. The van der Waals surface area contributed by atoms with E-state index in [-0.39, 0.29) is 49.4 Å². The highest BCUT2D eigenvalue weighted by atomic mass is 16.2. The molecule has 0 bridgehead atoms. The lowest BCUT2D eigenvalue weighted by atomic mass is 10.1. The average Bonchev–Trinajstić information content (AvgIpc) is 2.75. The van der Waals surface area contributed by atoms with E-state index in [1.165, 1.54) is 0 Å². The molecule has 0 radical (unpaired) electrons. The third-order valence-corrected chi connectivity index (χ3v) is 4.41. The number of likely N-dealkylation sites (N-methyl/N-ethyl adjacent to an activating group) is 2. The van der Waals surface area contributed by atoms with Crippen LogP contribution in [0.4, 0.5) is 0 Å². The third-order valence-electron chi connectivity index (χ3n) is 4.41. The minimum atomic E-state index is -0.748. The van der Waals surface area contributed by atoms with E-state index in [1.54, 1.807) is 20.8 Å². The Hall–Kier alpha value is -2.69. The molecule has 0 heterocycles. The van der Waals surface area contributed by atoms with E-state index in [0.717, 1.165) is 0 Å². The first-order valence-electron chi connectivity index (χ1n) is 10.9. The summed E-state index contributed by atoms with van der Waals surface area (Å²) in [6, 6.07) is -1.41. The van der Waals surface area contributed by atoms with Crippen molar-refractivity contribution in [2.24, 2.45) is 5.73 Å². The van der Waals surface area contributed by atoms with Crippen LogP contribution in [-0.2, 0) is 24.0 Å².